The number of hydrogen-bond acceptors (Lipinski definition) is 4. The summed E-state index contributed by atoms with van der Waals surface area (Å²) in [6, 6.07) is 12.1. The first-order valence-corrected chi connectivity index (χ1v) is 9.89. The molecular formula is C22H27N5O. The van der Waals surface area contributed by atoms with Gasteiger partial charge in [-0.25, -0.2) is 4.98 Å². The number of piperazine rings is 1. The van der Waals surface area contributed by atoms with Gasteiger partial charge in [-0.05, 0) is 56.3 Å². The molecule has 0 atom stereocenters. The van der Waals surface area contributed by atoms with E-state index in [1.165, 1.54) is 5.69 Å². The van der Waals surface area contributed by atoms with Gasteiger partial charge in [0.1, 0.15) is 11.3 Å². The van der Waals surface area contributed by atoms with Crippen molar-refractivity contribution in [1.82, 2.24) is 14.3 Å². The van der Waals surface area contributed by atoms with E-state index >= 15 is 0 Å². The van der Waals surface area contributed by atoms with E-state index in [0.717, 1.165) is 55.3 Å². The second-order valence-electron chi connectivity index (χ2n) is 7.40. The molecule has 0 spiro atoms. The largest absolute Gasteiger partial charge is 0.369 e. The van der Waals surface area contributed by atoms with Crippen molar-refractivity contribution in [2.75, 3.05) is 42.9 Å². The van der Waals surface area contributed by atoms with Crippen molar-refractivity contribution in [3.8, 4) is 0 Å². The highest BCUT2D eigenvalue weighted by atomic mass is 16.1. The number of pyridine rings is 1. The molecule has 1 saturated heterocycles. The third-order valence-corrected chi connectivity index (χ3v) is 5.57. The van der Waals surface area contributed by atoms with Crippen molar-refractivity contribution in [1.29, 1.82) is 0 Å². The fraction of sp³-hybridized carbons (Fsp3) is 0.364. The van der Waals surface area contributed by atoms with Crippen LogP contribution in [0.1, 0.15) is 28.7 Å². The summed E-state index contributed by atoms with van der Waals surface area (Å²) < 4.78 is 1.93. The summed E-state index contributed by atoms with van der Waals surface area (Å²) in [6.45, 7) is 11.6. The Bertz CT molecular complexity index is 1000. The Morgan fingerprint density at radius 2 is 1.89 bits per heavy atom. The molecule has 2 aromatic heterocycles. The molecule has 1 aliphatic rings. The van der Waals surface area contributed by atoms with E-state index in [9.17, 15) is 4.79 Å². The zero-order valence-corrected chi connectivity index (χ0v) is 16.8. The predicted molar refractivity (Wildman–Crippen MR) is 113 cm³/mol. The number of amides is 1. The van der Waals surface area contributed by atoms with E-state index < -0.39 is 0 Å². The number of carbonyl (C=O) groups is 1. The van der Waals surface area contributed by atoms with E-state index in [-0.39, 0.29) is 5.91 Å². The first-order chi connectivity index (χ1) is 13.5. The lowest BCUT2D eigenvalue weighted by Gasteiger charge is -2.35. The number of fused-ring (bicyclic) bond motifs is 1. The van der Waals surface area contributed by atoms with Crippen LogP contribution in [0.4, 0.5) is 11.4 Å². The van der Waals surface area contributed by atoms with Gasteiger partial charge in [0.05, 0.1) is 0 Å². The van der Waals surface area contributed by atoms with Crippen LogP contribution in [0.2, 0.25) is 0 Å². The van der Waals surface area contributed by atoms with Gasteiger partial charge < -0.3 is 19.5 Å². The number of aromatic nitrogens is 2. The first kappa shape index (κ1) is 18.5. The highest BCUT2D eigenvalue weighted by molar-refractivity contribution is 6.03. The summed E-state index contributed by atoms with van der Waals surface area (Å²) in [6.07, 6.45) is 1.79. The molecule has 1 aromatic carbocycles. The Morgan fingerprint density at radius 3 is 2.57 bits per heavy atom. The third-order valence-electron chi connectivity index (χ3n) is 5.57. The quantitative estimate of drug-likeness (QED) is 0.758. The van der Waals surface area contributed by atoms with Crippen LogP contribution < -0.4 is 10.2 Å². The standard InChI is InChI=1S/C22H27N5O/c1-4-25-10-12-26(13-11-25)18-8-9-19(16(2)14-18)24-22(28)20-15-27-17(3)6-5-7-21(27)23-20/h5-9,14-15H,4,10-13H2,1-3H3,(H,24,28). The molecule has 6 nitrogen and oxygen atoms in total. The van der Waals surface area contributed by atoms with Crippen LogP contribution in [0.5, 0.6) is 0 Å². The number of aryl methyl sites for hydroxylation is 2. The molecule has 1 N–H and O–H groups in total. The minimum Gasteiger partial charge on any atom is -0.369 e. The second kappa shape index (κ2) is 7.64. The van der Waals surface area contributed by atoms with E-state index in [4.69, 9.17) is 0 Å². The molecule has 0 saturated carbocycles. The molecule has 3 heterocycles. The van der Waals surface area contributed by atoms with Crippen LogP contribution in [0.3, 0.4) is 0 Å². The van der Waals surface area contributed by atoms with Crippen molar-refractivity contribution in [3.05, 3.63) is 59.5 Å². The van der Waals surface area contributed by atoms with Crippen molar-refractivity contribution in [2.24, 2.45) is 0 Å². The van der Waals surface area contributed by atoms with Crippen LogP contribution in [-0.4, -0.2) is 52.9 Å². The van der Waals surface area contributed by atoms with E-state index in [2.05, 4.69) is 39.2 Å². The van der Waals surface area contributed by atoms with Gasteiger partial charge in [-0.15, -0.1) is 0 Å². The Kier molecular flexibility index (Phi) is 5.05. The van der Waals surface area contributed by atoms with Gasteiger partial charge in [-0.2, -0.15) is 0 Å². The number of imidazole rings is 1. The maximum Gasteiger partial charge on any atom is 0.275 e. The number of nitrogens with one attached hydrogen (secondary N) is 1. The van der Waals surface area contributed by atoms with Crippen LogP contribution in [-0.2, 0) is 0 Å². The monoisotopic (exact) mass is 377 g/mol. The predicted octanol–water partition coefficient (Wildman–Crippen LogP) is 3.35. The lowest BCUT2D eigenvalue weighted by molar-refractivity contribution is 0.102. The third kappa shape index (κ3) is 3.60. The van der Waals surface area contributed by atoms with Gasteiger partial charge in [0.25, 0.3) is 5.91 Å². The lowest BCUT2D eigenvalue weighted by atomic mass is 10.1. The number of rotatable bonds is 4. The summed E-state index contributed by atoms with van der Waals surface area (Å²) in [4.78, 5) is 22.0. The van der Waals surface area contributed by atoms with Gasteiger partial charge >= 0.3 is 0 Å². The normalized spacial score (nSPS) is 15.2. The fourth-order valence-electron chi connectivity index (χ4n) is 3.75. The summed E-state index contributed by atoms with van der Waals surface area (Å²) in [5.41, 5.74) is 5.36. The molecule has 0 bridgehead atoms. The summed E-state index contributed by atoms with van der Waals surface area (Å²) in [5.74, 6) is -0.185. The maximum absolute atomic E-state index is 12.7. The van der Waals surface area contributed by atoms with Crippen LogP contribution in [0.15, 0.2) is 42.6 Å². The minimum absolute atomic E-state index is 0.185. The molecule has 1 fully saturated rings. The topological polar surface area (TPSA) is 52.9 Å². The van der Waals surface area contributed by atoms with Crippen molar-refractivity contribution >= 4 is 22.9 Å². The minimum atomic E-state index is -0.185. The number of carbonyl (C=O) groups excluding carboxylic acids is 1. The number of hydrogen-bond donors (Lipinski definition) is 1. The molecule has 28 heavy (non-hydrogen) atoms. The smallest absolute Gasteiger partial charge is 0.275 e. The number of anilines is 2. The van der Waals surface area contributed by atoms with Gasteiger partial charge in [0.2, 0.25) is 0 Å². The maximum atomic E-state index is 12.7. The second-order valence-corrected chi connectivity index (χ2v) is 7.40. The Morgan fingerprint density at radius 1 is 1.11 bits per heavy atom. The molecule has 3 aromatic rings. The lowest BCUT2D eigenvalue weighted by Crippen LogP contribution is -2.46. The summed E-state index contributed by atoms with van der Waals surface area (Å²) in [5, 5.41) is 3.01. The number of nitrogens with zero attached hydrogens (tertiary/aromatic N) is 4. The Labute approximate surface area is 165 Å². The average Bonchev–Trinajstić information content (AvgIpc) is 3.15. The number of likely N-dealkylation sites (N-methyl/N-ethyl adjacent to an activating group) is 1. The first-order valence-electron chi connectivity index (χ1n) is 9.89. The van der Waals surface area contributed by atoms with Crippen LogP contribution in [0.25, 0.3) is 5.65 Å². The highest BCUT2D eigenvalue weighted by Gasteiger charge is 2.17. The van der Waals surface area contributed by atoms with Crippen molar-refractivity contribution < 1.29 is 4.79 Å². The highest BCUT2D eigenvalue weighted by Crippen LogP contribution is 2.24. The van der Waals surface area contributed by atoms with Crippen LogP contribution >= 0.6 is 0 Å². The van der Waals surface area contributed by atoms with Gasteiger partial charge in [-0.1, -0.05) is 13.0 Å². The Hall–Kier alpha value is -2.86. The molecule has 6 heteroatoms. The van der Waals surface area contributed by atoms with Gasteiger partial charge in [0.15, 0.2) is 0 Å². The van der Waals surface area contributed by atoms with Crippen molar-refractivity contribution in [2.45, 2.75) is 20.8 Å². The molecule has 0 unspecified atom stereocenters. The molecule has 4 rings (SSSR count). The van der Waals surface area contributed by atoms with Gasteiger partial charge in [0, 0.05) is 49.4 Å². The van der Waals surface area contributed by atoms with Gasteiger partial charge in [-0.3, -0.25) is 4.79 Å². The zero-order valence-electron chi connectivity index (χ0n) is 16.8. The zero-order chi connectivity index (χ0) is 19.7. The van der Waals surface area contributed by atoms with E-state index in [0.29, 0.717) is 5.69 Å². The summed E-state index contributed by atoms with van der Waals surface area (Å²) >= 11 is 0. The Balaban J connectivity index is 1.48. The molecule has 0 radical (unpaired) electrons. The molecule has 1 aliphatic heterocycles. The SMILES string of the molecule is CCN1CCN(c2ccc(NC(=O)c3cn4c(C)cccc4n3)c(C)c2)CC1. The number of benzene rings is 1. The van der Waals surface area contributed by atoms with Crippen molar-refractivity contribution in [3.63, 3.8) is 0 Å². The molecule has 0 aliphatic carbocycles. The molecular weight excluding hydrogens is 350 g/mol. The summed E-state index contributed by atoms with van der Waals surface area (Å²) in [7, 11) is 0. The average molecular weight is 377 g/mol. The van der Waals surface area contributed by atoms with E-state index in [1.54, 1.807) is 6.20 Å². The van der Waals surface area contributed by atoms with E-state index in [1.807, 2.05) is 42.5 Å². The molecule has 1 amide bonds. The fourth-order valence-corrected chi connectivity index (χ4v) is 3.75. The molecule has 146 valence electrons. The van der Waals surface area contributed by atoms with Crippen LogP contribution in [0, 0.1) is 13.8 Å².